The van der Waals surface area contributed by atoms with Crippen molar-refractivity contribution >= 4 is 37.6 Å². The summed E-state index contributed by atoms with van der Waals surface area (Å²) in [6.45, 7) is 0. The number of hydrogen-bond acceptors (Lipinski definition) is 5. The number of halogens is 2. The Morgan fingerprint density at radius 2 is 1.83 bits per heavy atom. The summed E-state index contributed by atoms with van der Waals surface area (Å²) in [4.78, 5) is 4.14. The molecule has 7 heteroatoms. The summed E-state index contributed by atoms with van der Waals surface area (Å²) in [6, 6.07) is 16.2. The number of aromatic nitrogens is 1. The second kappa shape index (κ2) is 7.46. The number of fused-ring (bicyclic) bond motifs is 3. The summed E-state index contributed by atoms with van der Waals surface area (Å²) >= 11 is 7.28. The maximum atomic E-state index is 6.44. The Kier molecular flexibility index (Phi) is 4.80. The third-order valence-electron chi connectivity index (χ3n) is 5.22. The third-order valence-corrected chi connectivity index (χ3v) is 6.27. The van der Waals surface area contributed by atoms with Gasteiger partial charge in [-0.05, 0) is 70.0 Å². The molecule has 0 bridgehead atoms. The lowest BCUT2D eigenvalue weighted by atomic mass is 9.96. The molecule has 0 aliphatic carbocycles. The van der Waals surface area contributed by atoms with Gasteiger partial charge in [0.15, 0.2) is 0 Å². The molecule has 2 atom stereocenters. The zero-order valence-corrected chi connectivity index (χ0v) is 18.7. The molecular formula is C22H17Br2N3O2. The minimum atomic E-state index is -0.316. The minimum absolute atomic E-state index is 0.0859. The molecule has 0 saturated carbocycles. The van der Waals surface area contributed by atoms with Crippen molar-refractivity contribution in [1.82, 2.24) is 9.99 Å². The normalized spacial score (nSPS) is 19.8. The van der Waals surface area contributed by atoms with Crippen LogP contribution in [-0.2, 0) is 0 Å². The number of pyridine rings is 1. The van der Waals surface area contributed by atoms with Gasteiger partial charge in [0.05, 0.1) is 23.3 Å². The number of rotatable bonds is 3. The molecule has 5 nitrogen and oxygen atoms in total. The molecule has 0 amide bonds. The lowest BCUT2D eigenvalue weighted by molar-refractivity contribution is -0.0197. The summed E-state index contributed by atoms with van der Waals surface area (Å²) < 4.78 is 13.7. The fourth-order valence-corrected chi connectivity index (χ4v) is 5.17. The van der Waals surface area contributed by atoms with Crippen molar-refractivity contribution in [3.63, 3.8) is 0 Å². The van der Waals surface area contributed by atoms with Crippen molar-refractivity contribution in [2.75, 3.05) is 7.11 Å². The van der Waals surface area contributed by atoms with Gasteiger partial charge in [-0.1, -0.05) is 15.9 Å². The second-order valence-electron chi connectivity index (χ2n) is 6.93. The highest BCUT2D eigenvalue weighted by atomic mass is 79.9. The summed E-state index contributed by atoms with van der Waals surface area (Å²) in [5.41, 5.74) is 4.25. The van der Waals surface area contributed by atoms with Crippen molar-refractivity contribution in [3.05, 3.63) is 86.6 Å². The molecule has 2 aromatic carbocycles. The highest BCUT2D eigenvalue weighted by molar-refractivity contribution is 9.11. The van der Waals surface area contributed by atoms with Gasteiger partial charge in [-0.15, -0.1) is 0 Å². The van der Waals surface area contributed by atoms with Gasteiger partial charge in [-0.2, -0.15) is 5.10 Å². The third kappa shape index (κ3) is 3.32. The number of benzene rings is 2. The van der Waals surface area contributed by atoms with Crippen molar-refractivity contribution in [2.24, 2.45) is 5.10 Å². The first-order valence-electron chi connectivity index (χ1n) is 9.20. The van der Waals surface area contributed by atoms with Crippen LogP contribution in [0.4, 0.5) is 0 Å². The van der Waals surface area contributed by atoms with Gasteiger partial charge in [-0.25, -0.2) is 5.01 Å². The van der Waals surface area contributed by atoms with Crippen LogP contribution in [0.5, 0.6) is 11.5 Å². The van der Waals surface area contributed by atoms with Crippen LogP contribution < -0.4 is 9.47 Å². The zero-order chi connectivity index (χ0) is 20.0. The molecule has 2 aliphatic rings. The van der Waals surface area contributed by atoms with Crippen LogP contribution in [0.25, 0.3) is 0 Å². The Morgan fingerprint density at radius 3 is 2.55 bits per heavy atom. The van der Waals surface area contributed by atoms with E-state index in [0.717, 1.165) is 49.3 Å². The number of hydrogen-bond donors (Lipinski definition) is 0. The molecule has 0 fully saturated rings. The molecule has 2 aliphatic heterocycles. The Hall–Kier alpha value is -2.38. The van der Waals surface area contributed by atoms with Crippen LogP contribution in [0.3, 0.4) is 0 Å². The quantitative estimate of drug-likeness (QED) is 0.439. The molecular weight excluding hydrogens is 498 g/mol. The van der Waals surface area contributed by atoms with Crippen molar-refractivity contribution in [3.8, 4) is 11.5 Å². The zero-order valence-electron chi connectivity index (χ0n) is 15.5. The van der Waals surface area contributed by atoms with E-state index in [4.69, 9.17) is 14.6 Å². The van der Waals surface area contributed by atoms with Crippen LogP contribution in [0.15, 0.2) is 75.0 Å². The highest BCUT2D eigenvalue weighted by Crippen LogP contribution is 2.50. The van der Waals surface area contributed by atoms with Gasteiger partial charge in [-0.3, -0.25) is 4.98 Å². The van der Waals surface area contributed by atoms with E-state index >= 15 is 0 Å². The SMILES string of the molecule is COc1ccc(C2=NN3[C@@H](c4ccncc4)Oc4c(Br)cc(Br)cc4[C@@H]3C2)cc1. The van der Waals surface area contributed by atoms with E-state index in [1.165, 1.54) is 0 Å². The van der Waals surface area contributed by atoms with Crippen LogP contribution >= 0.6 is 31.9 Å². The molecule has 3 heterocycles. The number of methoxy groups -OCH3 is 1. The first-order chi connectivity index (χ1) is 14.1. The van der Waals surface area contributed by atoms with Crippen LogP contribution in [0, 0.1) is 0 Å². The summed E-state index contributed by atoms with van der Waals surface area (Å²) in [5, 5.41) is 7.05. The van der Waals surface area contributed by atoms with E-state index in [-0.39, 0.29) is 12.3 Å². The minimum Gasteiger partial charge on any atom is -0.497 e. The monoisotopic (exact) mass is 513 g/mol. The van der Waals surface area contributed by atoms with Crippen molar-refractivity contribution in [2.45, 2.75) is 18.7 Å². The van der Waals surface area contributed by atoms with E-state index in [1.807, 2.05) is 30.3 Å². The predicted octanol–water partition coefficient (Wildman–Crippen LogP) is 5.86. The maximum absolute atomic E-state index is 6.44. The standard InChI is InChI=1S/C22H17Br2N3O2/c1-28-16-4-2-13(3-5-16)19-12-20-17-10-15(23)11-18(24)21(17)29-22(27(20)26-19)14-6-8-25-9-7-14/h2-11,20,22H,12H2,1H3/t20-,22+/m0/s1. The van der Waals surface area contributed by atoms with Gasteiger partial charge in [0.1, 0.15) is 11.5 Å². The lowest BCUT2D eigenvalue weighted by Crippen LogP contribution is -2.33. The molecule has 0 unspecified atom stereocenters. The molecule has 0 radical (unpaired) electrons. The first-order valence-corrected chi connectivity index (χ1v) is 10.8. The molecule has 0 N–H and O–H groups in total. The van der Waals surface area contributed by atoms with Gasteiger partial charge >= 0.3 is 0 Å². The average Bonchev–Trinajstić information content (AvgIpc) is 3.20. The lowest BCUT2D eigenvalue weighted by Gasteiger charge is -2.38. The number of nitrogens with zero attached hydrogens (tertiary/aromatic N) is 3. The highest BCUT2D eigenvalue weighted by Gasteiger charge is 2.41. The molecule has 3 aromatic rings. The summed E-state index contributed by atoms with van der Waals surface area (Å²) in [7, 11) is 1.67. The Labute approximate surface area is 185 Å². The molecule has 0 spiro atoms. The van der Waals surface area contributed by atoms with Gasteiger partial charge in [0.25, 0.3) is 0 Å². The Morgan fingerprint density at radius 1 is 1.07 bits per heavy atom. The van der Waals surface area contributed by atoms with Crippen LogP contribution in [0.1, 0.15) is 35.4 Å². The molecule has 5 rings (SSSR count). The average molecular weight is 515 g/mol. The fourth-order valence-electron chi connectivity index (χ4n) is 3.82. The molecule has 1 aromatic heterocycles. The van der Waals surface area contributed by atoms with E-state index in [2.05, 4.69) is 60.1 Å². The molecule has 0 saturated heterocycles. The van der Waals surface area contributed by atoms with Crippen molar-refractivity contribution in [1.29, 1.82) is 0 Å². The Balaban J connectivity index is 1.60. The van der Waals surface area contributed by atoms with E-state index in [1.54, 1.807) is 19.5 Å². The van der Waals surface area contributed by atoms with E-state index in [9.17, 15) is 0 Å². The van der Waals surface area contributed by atoms with Gasteiger partial charge in [0, 0.05) is 34.4 Å². The van der Waals surface area contributed by atoms with Gasteiger partial charge in [0.2, 0.25) is 6.23 Å². The van der Waals surface area contributed by atoms with Crippen LogP contribution in [0.2, 0.25) is 0 Å². The van der Waals surface area contributed by atoms with Crippen molar-refractivity contribution < 1.29 is 9.47 Å². The van der Waals surface area contributed by atoms with Gasteiger partial charge < -0.3 is 9.47 Å². The largest absolute Gasteiger partial charge is 0.497 e. The number of ether oxygens (including phenoxy) is 2. The summed E-state index contributed by atoms with van der Waals surface area (Å²) in [5.74, 6) is 1.70. The second-order valence-corrected chi connectivity index (χ2v) is 8.70. The fraction of sp³-hybridized carbons (Fsp3) is 0.182. The predicted molar refractivity (Wildman–Crippen MR) is 118 cm³/mol. The molecule has 146 valence electrons. The van der Waals surface area contributed by atoms with E-state index < -0.39 is 0 Å². The summed E-state index contributed by atoms with van der Waals surface area (Å²) in [6.07, 6.45) is 4.05. The maximum Gasteiger partial charge on any atom is 0.214 e. The van der Waals surface area contributed by atoms with E-state index in [0.29, 0.717) is 0 Å². The smallest absolute Gasteiger partial charge is 0.214 e. The Bertz CT molecular complexity index is 1090. The topological polar surface area (TPSA) is 47.0 Å². The number of hydrazone groups is 1. The molecule has 29 heavy (non-hydrogen) atoms. The first kappa shape index (κ1) is 18.6. The van der Waals surface area contributed by atoms with Crippen LogP contribution in [-0.4, -0.2) is 22.8 Å².